The number of hydrogen-bond acceptors (Lipinski definition) is 6. The van der Waals surface area contributed by atoms with Gasteiger partial charge in [-0.2, -0.15) is 0 Å². The van der Waals surface area contributed by atoms with Crippen molar-refractivity contribution in [1.82, 2.24) is 30.1 Å². The molecule has 0 saturated heterocycles. The van der Waals surface area contributed by atoms with Gasteiger partial charge >= 0.3 is 0 Å². The molecule has 0 fully saturated rings. The number of H-pyrrole nitrogens is 1. The van der Waals surface area contributed by atoms with Crippen LogP contribution in [-0.2, 0) is 13.1 Å². The first-order valence-electron chi connectivity index (χ1n) is 11.4. The van der Waals surface area contributed by atoms with Gasteiger partial charge in [-0.25, -0.2) is 9.07 Å². The SMILES string of the molecule is CCC(c1nnnn1Cc1ccc(F)cc1)N(CCO)Cc1cc2cc(C)cc(C)c2[nH]c1=O. The van der Waals surface area contributed by atoms with E-state index in [1.807, 2.05) is 37.8 Å². The van der Waals surface area contributed by atoms with Gasteiger partial charge in [0.2, 0.25) is 0 Å². The highest BCUT2D eigenvalue weighted by Gasteiger charge is 2.25. The number of pyridine rings is 1. The zero-order valence-electron chi connectivity index (χ0n) is 19.6. The number of tetrazole rings is 1. The fourth-order valence-electron chi connectivity index (χ4n) is 4.47. The Bertz CT molecular complexity index is 1330. The average molecular weight is 465 g/mol. The molecule has 2 aromatic heterocycles. The molecule has 0 radical (unpaired) electrons. The quantitative estimate of drug-likeness (QED) is 0.394. The minimum Gasteiger partial charge on any atom is -0.395 e. The van der Waals surface area contributed by atoms with Gasteiger partial charge in [-0.3, -0.25) is 9.69 Å². The second-order valence-corrected chi connectivity index (χ2v) is 8.61. The van der Waals surface area contributed by atoms with Crippen molar-refractivity contribution in [2.75, 3.05) is 13.2 Å². The molecule has 0 aliphatic carbocycles. The Labute approximate surface area is 197 Å². The maximum Gasteiger partial charge on any atom is 0.252 e. The van der Waals surface area contributed by atoms with E-state index in [-0.39, 0.29) is 24.0 Å². The number of aromatic nitrogens is 5. The van der Waals surface area contributed by atoms with Crippen molar-refractivity contribution in [3.8, 4) is 0 Å². The maximum atomic E-state index is 13.3. The van der Waals surface area contributed by atoms with Gasteiger partial charge in [-0.1, -0.05) is 30.7 Å². The number of aromatic amines is 1. The predicted octanol–water partition coefficient (Wildman–Crippen LogP) is 3.26. The fourth-order valence-corrected chi connectivity index (χ4v) is 4.47. The molecule has 34 heavy (non-hydrogen) atoms. The summed E-state index contributed by atoms with van der Waals surface area (Å²) in [5.41, 5.74) is 4.32. The molecule has 8 nitrogen and oxygen atoms in total. The van der Waals surface area contributed by atoms with E-state index in [2.05, 4.69) is 26.6 Å². The van der Waals surface area contributed by atoms with Crippen LogP contribution in [-0.4, -0.2) is 48.3 Å². The molecule has 1 unspecified atom stereocenters. The third-order valence-electron chi connectivity index (χ3n) is 6.06. The van der Waals surface area contributed by atoms with E-state index in [4.69, 9.17) is 0 Å². The molecule has 0 aliphatic rings. The molecule has 0 aliphatic heterocycles. The van der Waals surface area contributed by atoms with Crippen molar-refractivity contribution < 1.29 is 9.50 Å². The lowest BCUT2D eigenvalue weighted by molar-refractivity contribution is 0.131. The van der Waals surface area contributed by atoms with Crippen molar-refractivity contribution in [2.45, 2.75) is 46.3 Å². The number of nitrogens with zero attached hydrogens (tertiary/aromatic N) is 5. The second kappa shape index (κ2) is 10.2. The molecular weight excluding hydrogens is 435 g/mol. The normalized spacial score (nSPS) is 12.5. The first-order valence-corrected chi connectivity index (χ1v) is 11.4. The van der Waals surface area contributed by atoms with Gasteiger partial charge in [0.1, 0.15) is 5.82 Å². The van der Waals surface area contributed by atoms with Gasteiger partial charge in [0.05, 0.1) is 24.7 Å². The van der Waals surface area contributed by atoms with E-state index in [9.17, 15) is 14.3 Å². The topological polar surface area (TPSA) is 99.9 Å². The van der Waals surface area contributed by atoms with E-state index in [0.29, 0.717) is 37.4 Å². The second-order valence-electron chi connectivity index (χ2n) is 8.61. The fraction of sp³-hybridized carbons (Fsp3) is 0.360. The molecular formula is C25H29FN6O2. The van der Waals surface area contributed by atoms with E-state index in [1.165, 1.54) is 12.1 Å². The van der Waals surface area contributed by atoms with Crippen LogP contribution in [0.2, 0.25) is 0 Å². The van der Waals surface area contributed by atoms with Crippen LogP contribution in [0.5, 0.6) is 0 Å². The van der Waals surface area contributed by atoms with Gasteiger partial charge < -0.3 is 10.1 Å². The first-order chi connectivity index (χ1) is 16.4. The number of fused-ring (bicyclic) bond motifs is 1. The number of rotatable bonds is 9. The smallest absolute Gasteiger partial charge is 0.252 e. The van der Waals surface area contributed by atoms with E-state index in [1.54, 1.807) is 16.8 Å². The van der Waals surface area contributed by atoms with Crippen LogP contribution in [0.1, 0.15) is 47.5 Å². The largest absolute Gasteiger partial charge is 0.395 e. The number of hydrogen-bond donors (Lipinski definition) is 2. The summed E-state index contributed by atoms with van der Waals surface area (Å²) < 4.78 is 15.0. The number of benzene rings is 2. The summed E-state index contributed by atoms with van der Waals surface area (Å²) in [6.07, 6.45) is 0.674. The van der Waals surface area contributed by atoms with E-state index < -0.39 is 0 Å². The Hall–Kier alpha value is -3.43. The maximum absolute atomic E-state index is 13.3. The molecule has 2 N–H and O–H groups in total. The summed E-state index contributed by atoms with van der Waals surface area (Å²) in [6.45, 7) is 7.04. The highest BCUT2D eigenvalue weighted by Crippen LogP contribution is 2.25. The van der Waals surface area contributed by atoms with Crippen molar-refractivity contribution in [1.29, 1.82) is 0 Å². The van der Waals surface area contributed by atoms with E-state index in [0.717, 1.165) is 27.6 Å². The zero-order valence-corrected chi connectivity index (χ0v) is 19.6. The molecule has 0 bridgehead atoms. The van der Waals surface area contributed by atoms with Crippen LogP contribution >= 0.6 is 0 Å². The summed E-state index contributed by atoms with van der Waals surface area (Å²) >= 11 is 0. The van der Waals surface area contributed by atoms with Crippen molar-refractivity contribution in [2.24, 2.45) is 0 Å². The lowest BCUT2D eigenvalue weighted by Gasteiger charge is -2.29. The van der Waals surface area contributed by atoms with Crippen LogP contribution in [0, 0.1) is 19.7 Å². The molecule has 4 rings (SSSR count). The minimum absolute atomic E-state index is 0.0697. The lowest BCUT2D eigenvalue weighted by Crippen LogP contribution is -2.34. The Morgan fingerprint density at radius 1 is 1.18 bits per heavy atom. The summed E-state index contributed by atoms with van der Waals surface area (Å²) in [4.78, 5) is 18.0. The number of aliphatic hydroxyl groups is 1. The zero-order chi connectivity index (χ0) is 24.2. The molecule has 0 amide bonds. The lowest BCUT2D eigenvalue weighted by atomic mass is 10.0. The third-order valence-corrected chi connectivity index (χ3v) is 6.06. The number of nitrogens with one attached hydrogen (secondary N) is 1. The van der Waals surface area contributed by atoms with Crippen LogP contribution < -0.4 is 5.56 Å². The minimum atomic E-state index is -0.299. The monoisotopic (exact) mass is 464 g/mol. The van der Waals surface area contributed by atoms with Crippen LogP contribution in [0.4, 0.5) is 4.39 Å². The molecule has 1 atom stereocenters. The third kappa shape index (κ3) is 5.05. The average Bonchev–Trinajstić information content (AvgIpc) is 3.25. The van der Waals surface area contributed by atoms with Gasteiger partial charge in [0.15, 0.2) is 5.82 Å². The van der Waals surface area contributed by atoms with Crippen LogP contribution in [0.15, 0.2) is 47.3 Å². The summed E-state index contributed by atoms with van der Waals surface area (Å²) in [6, 6.07) is 12.0. The number of aryl methyl sites for hydroxylation is 2. The van der Waals surface area contributed by atoms with Crippen molar-refractivity contribution in [3.63, 3.8) is 0 Å². The van der Waals surface area contributed by atoms with Crippen molar-refractivity contribution >= 4 is 10.9 Å². The molecule has 0 saturated carbocycles. The molecule has 0 spiro atoms. The van der Waals surface area contributed by atoms with Gasteiger partial charge in [0.25, 0.3) is 5.56 Å². The number of halogens is 1. The molecule has 2 heterocycles. The summed E-state index contributed by atoms with van der Waals surface area (Å²) in [5.74, 6) is 0.330. The Balaban J connectivity index is 1.66. The highest BCUT2D eigenvalue weighted by molar-refractivity contribution is 5.82. The van der Waals surface area contributed by atoms with Crippen molar-refractivity contribution in [3.05, 3.63) is 86.7 Å². The van der Waals surface area contributed by atoms with Crippen LogP contribution in [0.25, 0.3) is 10.9 Å². The van der Waals surface area contributed by atoms with Gasteiger partial charge in [-0.05, 0) is 71.5 Å². The Kier molecular flexibility index (Phi) is 7.14. The predicted molar refractivity (Wildman–Crippen MR) is 128 cm³/mol. The Morgan fingerprint density at radius 2 is 1.94 bits per heavy atom. The Morgan fingerprint density at radius 3 is 2.65 bits per heavy atom. The summed E-state index contributed by atoms with van der Waals surface area (Å²) in [7, 11) is 0. The number of aliphatic hydroxyl groups excluding tert-OH is 1. The van der Waals surface area contributed by atoms with Gasteiger partial charge in [-0.15, -0.1) is 5.10 Å². The van der Waals surface area contributed by atoms with Gasteiger partial charge in [0, 0.05) is 18.7 Å². The molecule has 4 aromatic rings. The molecule has 9 heteroatoms. The molecule has 178 valence electrons. The molecule has 2 aromatic carbocycles. The van der Waals surface area contributed by atoms with Crippen LogP contribution in [0.3, 0.4) is 0 Å². The first kappa shape index (κ1) is 23.7. The summed E-state index contributed by atoms with van der Waals surface area (Å²) in [5, 5.41) is 23.0. The standard InChI is InChI=1S/C25H29FN6O2/c1-4-22(24-28-29-30-32(24)14-18-5-7-21(26)8-6-18)31(9-10-33)15-20-13-19-12-16(2)11-17(3)23(19)27-25(20)34/h5-8,11-13,22,33H,4,9-10,14-15H2,1-3H3,(H,27,34). The highest BCUT2D eigenvalue weighted by atomic mass is 19.1. The van der Waals surface area contributed by atoms with E-state index >= 15 is 0 Å².